The van der Waals surface area contributed by atoms with Crippen LogP contribution in [0.2, 0.25) is 5.02 Å². The first-order valence-electron chi connectivity index (χ1n) is 10.1. The zero-order chi connectivity index (χ0) is 22.6. The molecule has 1 N–H and O–H groups in total. The summed E-state index contributed by atoms with van der Waals surface area (Å²) in [5, 5.41) is 2.58. The Bertz CT molecular complexity index is 1060. The fourth-order valence-electron chi connectivity index (χ4n) is 3.41. The molecule has 1 saturated heterocycles. The molecule has 0 atom stereocenters. The van der Waals surface area contributed by atoms with E-state index in [4.69, 9.17) is 11.6 Å². The molecule has 0 unspecified atom stereocenters. The summed E-state index contributed by atoms with van der Waals surface area (Å²) in [6.07, 6.45) is 0. The van der Waals surface area contributed by atoms with Gasteiger partial charge in [-0.25, -0.2) is 8.42 Å². The van der Waals surface area contributed by atoms with Gasteiger partial charge in [0, 0.05) is 36.9 Å². The monoisotopic (exact) mass is 463 g/mol. The Morgan fingerprint density at radius 1 is 1.03 bits per heavy atom. The molecule has 2 aromatic rings. The largest absolute Gasteiger partial charge is 0.368 e. The van der Waals surface area contributed by atoms with Gasteiger partial charge in [-0.05, 0) is 44.2 Å². The van der Waals surface area contributed by atoms with Gasteiger partial charge in [0.1, 0.15) is 0 Å². The van der Waals surface area contributed by atoms with Gasteiger partial charge in [-0.15, -0.1) is 0 Å². The fraction of sp³-hybridized carbons (Fsp3) is 0.364. The lowest BCUT2D eigenvalue weighted by atomic mass is 10.2. The summed E-state index contributed by atoms with van der Waals surface area (Å²) in [7, 11) is -3.62. The predicted octanol–water partition coefficient (Wildman–Crippen LogP) is 2.60. The maximum absolute atomic E-state index is 12.6. The number of benzene rings is 2. The second-order valence-electron chi connectivity index (χ2n) is 7.62. The highest BCUT2D eigenvalue weighted by atomic mass is 35.5. The quantitative estimate of drug-likeness (QED) is 0.711. The van der Waals surface area contributed by atoms with Crippen molar-refractivity contribution in [3.63, 3.8) is 0 Å². The number of sulfone groups is 1. The van der Waals surface area contributed by atoms with Crippen LogP contribution in [0.1, 0.15) is 24.2 Å². The van der Waals surface area contributed by atoms with Crippen molar-refractivity contribution in [3.05, 3.63) is 59.1 Å². The molecule has 1 heterocycles. The highest BCUT2D eigenvalue weighted by molar-refractivity contribution is 7.92. The molecule has 2 amide bonds. The predicted molar refractivity (Wildman–Crippen MR) is 121 cm³/mol. The lowest BCUT2D eigenvalue weighted by Crippen LogP contribution is -2.51. The topological polar surface area (TPSA) is 86.8 Å². The molecule has 2 aromatic carbocycles. The first kappa shape index (κ1) is 23.1. The summed E-state index contributed by atoms with van der Waals surface area (Å²) in [5.41, 5.74) is 1.06. The minimum absolute atomic E-state index is 0.0231. The fourth-order valence-corrected chi connectivity index (χ4v) is 4.83. The Labute approximate surface area is 187 Å². The molecular formula is C22H26ClN3O4S. The van der Waals surface area contributed by atoms with Crippen LogP contribution in [0.25, 0.3) is 0 Å². The average molecular weight is 464 g/mol. The average Bonchev–Trinajstić information content (AvgIpc) is 2.77. The van der Waals surface area contributed by atoms with Gasteiger partial charge < -0.3 is 15.1 Å². The highest BCUT2D eigenvalue weighted by Gasteiger charge is 2.26. The van der Waals surface area contributed by atoms with Crippen LogP contribution < -0.4 is 10.2 Å². The number of anilines is 1. The molecule has 0 aliphatic carbocycles. The molecule has 0 saturated carbocycles. The number of halogens is 1. The Morgan fingerprint density at radius 2 is 1.71 bits per heavy atom. The molecule has 0 bridgehead atoms. The first-order valence-corrected chi connectivity index (χ1v) is 12.0. The summed E-state index contributed by atoms with van der Waals surface area (Å²) in [4.78, 5) is 29.0. The number of hydrogen-bond donors (Lipinski definition) is 1. The van der Waals surface area contributed by atoms with Crippen molar-refractivity contribution in [2.24, 2.45) is 0 Å². The summed E-state index contributed by atoms with van der Waals surface area (Å²) in [6.45, 7) is 5.32. The zero-order valence-corrected chi connectivity index (χ0v) is 19.1. The molecule has 1 aliphatic heterocycles. The van der Waals surface area contributed by atoms with Crippen molar-refractivity contribution in [1.29, 1.82) is 0 Å². The van der Waals surface area contributed by atoms with Gasteiger partial charge in [-0.1, -0.05) is 29.8 Å². The normalized spacial score (nSPS) is 14.6. The van der Waals surface area contributed by atoms with E-state index in [0.717, 1.165) is 5.69 Å². The van der Waals surface area contributed by atoms with E-state index in [1.165, 1.54) is 12.1 Å². The minimum atomic E-state index is -3.62. The first-order chi connectivity index (χ1) is 14.7. The number of carbonyl (C=O) groups excluding carboxylic acids is 2. The van der Waals surface area contributed by atoms with E-state index in [2.05, 4.69) is 10.2 Å². The molecule has 1 aliphatic rings. The summed E-state index contributed by atoms with van der Waals surface area (Å²) in [6, 6.07) is 13.6. The molecule has 9 heteroatoms. The van der Waals surface area contributed by atoms with E-state index in [1.54, 1.807) is 30.9 Å². The highest BCUT2D eigenvalue weighted by Crippen LogP contribution is 2.22. The Kier molecular flexibility index (Phi) is 7.23. The van der Waals surface area contributed by atoms with Gasteiger partial charge in [-0.2, -0.15) is 0 Å². The van der Waals surface area contributed by atoms with Gasteiger partial charge in [0.05, 0.1) is 22.3 Å². The van der Waals surface area contributed by atoms with E-state index >= 15 is 0 Å². The smallest absolute Gasteiger partial charge is 0.253 e. The number of carbonyl (C=O) groups is 2. The van der Waals surface area contributed by atoms with E-state index in [9.17, 15) is 18.0 Å². The third-order valence-electron chi connectivity index (χ3n) is 5.26. The van der Waals surface area contributed by atoms with Gasteiger partial charge in [0.15, 0.2) is 9.84 Å². The number of nitrogens with zero attached hydrogens (tertiary/aromatic N) is 2. The minimum Gasteiger partial charge on any atom is -0.368 e. The van der Waals surface area contributed by atoms with Gasteiger partial charge in [0.25, 0.3) is 5.91 Å². The van der Waals surface area contributed by atoms with Crippen LogP contribution in [-0.2, 0) is 14.6 Å². The molecule has 1 fully saturated rings. The van der Waals surface area contributed by atoms with Crippen molar-refractivity contribution in [2.45, 2.75) is 24.0 Å². The van der Waals surface area contributed by atoms with Gasteiger partial charge in [0.2, 0.25) is 5.91 Å². The van der Waals surface area contributed by atoms with E-state index in [1.807, 2.05) is 24.3 Å². The molecule has 166 valence electrons. The van der Waals surface area contributed by atoms with Crippen molar-refractivity contribution in [2.75, 3.05) is 37.6 Å². The molecule has 31 heavy (non-hydrogen) atoms. The van der Waals surface area contributed by atoms with Crippen LogP contribution >= 0.6 is 11.6 Å². The lowest BCUT2D eigenvalue weighted by Gasteiger charge is -2.36. The van der Waals surface area contributed by atoms with Crippen LogP contribution in [-0.4, -0.2) is 63.1 Å². The molecule has 0 spiro atoms. The number of rotatable bonds is 6. The standard InChI is InChI=1S/C22H26ClN3O4S/c1-16(2)31(29,30)20-9-4-3-8-19(20)22(28)24-15-21(27)26-12-10-25(11-13-26)18-7-5-6-17(23)14-18/h3-9,14,16H,10-13,15H2,1-2H3,(H,24,28). The second kappa shape index (κ2) is 9.70. The summed E-state index contributed by atoms with van der Waals surface area (Å²) >= 11 is 6.05. The maximum atomic E-state index is 12.6. The van der Waals surface area contributed by atoms with Crippen molar-refractivity contribution < 1.29 is 18.0 Å². The van der Waals surface area contributed by atoms with E-state index in [-0.39, 0.29) is 22.9 Å². The van der Waals surface area contributed by atoms with Crippen LogP contribution in [0.5, 0.6) is 0 Å². The van der Waals surface area contributed by atoms with Crippen LogP contribution in [0, 0.1) is 0 Å². The van der Waals surface area contributed by atoms with E-state index < -0.39 is 21.0 Å². The van der Waals surface area contributed by atoms with E-state index in [0.29, 0.717) is 31.2 Å². The zero-order valence-electron chi connectivity index (χ0n) is 17.5. The van der Waals surface area contributed by atoms with Crippen LogP contribution in [0.3, 0.4) is 0 Å². The Hall–Kier alpha value is -2.58. The van der Waals surface area contributed by atoms with Crippen molar-refractivity contribution in [1.82, 2.24) is 10.2 Å². The van der Waals surface area contributed by atoms with Gasteiger partial charge in [-0.3, -0.25) is 9.59 Å². The number of amides is 2. The van der Waals surface area contributed by atoms with Crippen LogP contribution in [0.15, 0.2) is 53.4 Å². The second-order valence-corrected chi connectivity index (χ2v) is 10.5. The molecular weight excluding hydrogens is 438 g/mol. The van der Waals surface area contributed by atoms with Gasteiger partial charge >= 0.3 is 0 Å². The molecule has 0 aromatic heterocycles. The van der Waals surface area contributed by atoms with Crippen molar-refractivity contribution >= 4 is 38.9 Å². The van der Waals surface area contributed by atoms with Crippen molar-refractivity contribution in [3.8, 4) is 0 Å². The SMILES string of the molecule is CC(C)S(=O)(=O)c1ccccc1C(=O)NCC(=O)N1CCN(c2cccc(Cl)c2)CC1. The molecule has 3 rings (SSSR count). The van der Waals surface area contributed by atoms with Crippen LogP contribution in [0.4, 0.5) is 5.69 Å². The summed E-state index contributed by atoms with van der Waals surface area (Å²) < 4.78 is 25.1. The number of piperazine rings is 1. The summed E-state index contributed by atoms with van der Waals surface area (Å²) in [5.74, 6) is -0.783. The lowest BCUT2D eigenvalue weighted by molar-refractivity contribution is -0.130. The Balaban J connectivity index is 1.58. The third-order valence-corrected chi connectivity index (χ3v) is 7.71. The number of hydrogen-bond acceptors (Lipinski definition) is 5. The number of nitrogens with one attached hydrogen (secondary N) is 1. The maximum Gasteiger partial charge on any atom is 0.253 e. The third kappa shape index (κ3) is 5.37. The molecule has 7 nitrogen and oxygen atoms in total. The Morgan fingerprint density at radius 3 is 2.35 bits per heavy atom. The molecule has 0 radical (unpaired) electrons.